The number of anilines is 1. The van der Waals surface area contributed by atoms with E-state index >= 15 is 0 Å². The minimum atomic E-state index is -0.246. The van der Waals surface area contributed by atoms with Crippen molar-refractivity contribution in [2.24, 2.45) is 0 Å². The van der Waals surface area contributed by atoms with Gasteiger partial charge in [-0.2, -0.15) is 0 Å². The maximum absolute atomic E-state index is 11.5. The van der Waals surface area contributed by atoms with E-state index in [1.807, 2.05) is 12.1 Å². The van der Waals surface area contributed by atoms with Gasteiger partial charge in [-0.15, -0.1) is 0 Å². The van der Waals surface area contributed by atoms with Crippen molar-refractivity contribution in [2.45, 2.75) is 6.42 Å². The number of rotatable bonds is 4. The van der Waals surface area contributed by atoms with Gasteiger partial charge in [-0.25, -0.2) is 4.79 Å². The van der Waals surface area contributed by atoms with Gasteiger partial charge in [-0.3, -0.25) is 0 Å². The molecule has 0 saturated heterocycles. The molecule has 2 aromatic rings. The lowest BCUT2D eigenvalue weighted by Crippen LogP contribution is -2.30. The summed E-state index contributed by atoms with van der Waals surface area (Å²) in [5, 5.41) is 6.09. The molecule has 0 aliphatic heterocycles. The Morgan fingerprint density at radius 3 is 2.67 bits per heavy atom. The van der Waals surface area contributed by atoms with Crippen molar-refractivity contribution < 1.29 is 9.21 Å². The lowest BCUT2D eigenvalue weighted by atomic mass is 10.3. The smallest absolute Gasteiger partial charge is 0.319 e. The first kappa shape index (κ1) is 12.5. The molecule has 0 atom stereocenters. The topological polar surface area (TPSA) is 54.3 Å². The Labute approximate surface area is 110 Å². The summed E-state index contributed by atoms with van der Waals surface area (Å²) in [7, 11) is 0. The van der Waals surface area contributed by atoms with E-state index in [-0.39, 0.29) is 6.03 Å². The Kier molecular flexibility index (Phi) is 4.25. The number of carbonyl (C=O) groups is 1. The molecule has 0 fully saturated rings. The molecule has 0 aliphatic carbocycles. The van der Waals surface area contributed by atoms with Crippen molar-refractivity contribution in [3.63, 3.8) is 0 Å². The van der Waals surface area contributed by atoms with Crippen LogP contribution in [0, 0.1) is 0 Å². The molecule has 2 N–H and O–H groups in total. The first-order valence-corrected chi connectivity index (χ1v) is 5.94. The Balaban J connectivity index is 1.73. The van der Waals surface area contributed by atoms with Crippen LogP contribution >= 0.6 is 11.6 Å². The van der Waals surface area contributed by atoms with Crippen molar-refractivity contribution in [1.29, 1.82) is 0 Å². The molecule has 0 spiro atoms. The molecular formula is C13H13ClN2O2. The second-order valence-corrected chi connectivity index (χ2v) is 4.15. The van der Waals surface area contributed by atoms with Gasteiger partial charge in [0.2, 0.25) is 0 Å². The van der Waals surface area contributed by atoms with Gasteiger partial charge in [0.25, 0.3) is 0 Å². The van der Waals surface area contributed by atoms with E-state index in [0.717, 1.165) is 5.76 Å². The predicted molar refractivity (Wildman–Crippen MR) is 70.9 cm³/mol. The van der Waals surface area contributed by atoms with Gasteiger partial charge < -0.3 is 15.1 Å². The van der Waals surface area contributed by atoms with Crippen LogP contribution in [-0.2, 0) is 6.42 Å². The molecular weight excluding hydrogens is 252 g/mol. The summed E-state index contributed by atoms with van der Waals surface area (Å²) in [6.45, 7) is 0.521. The van der Waals surface area contributed by atoms with E-state index in [4.69, 9.17) is 16.0 Å². The minimum Gasteiger partial charge on any atom is -0.469 e. The molecule has 0 aliphatic rings. The highest BCUT2D eigenvalue weighted by Gasteiger charge is 2.01. The predicted octanol–water partition coefficient (Wildman–Crippen LogP) is 3.30. The van der Waals surface area contributed by atoms with Gasteiger partial charge >= 0.3 is 6.03 Å². The normalized spacial score (nSPS) is 10.1. The van der Waals surface area contributed by atoms with Gasteiger partial charge in [0.05, 0.1) is 6.26 Å². The fourth-order valence-corrected chi connectivity index (χ4v) is 1.59. The zero-order chi connectivity index (χ0) is 12.8. The number of benzene rings is 1. The van der Waals surface area contributed by atoms with Crippen molar-refractivity contribution in [1.82, 2.24) is 5.32 Å². The lowest BCUT2D eigenvalue weighted by molar-refractivity contribution is 0.252. The van der Waals surface area contributed by atoms with E-state index in [2.05, 4.69) is 10.6 Å². The van der Waals surface area contributed by atoms with Crippen LogP contribution in [0.2, 0.25) is 5.02 Å². The molecule has 2 rings (SSSR count). The number of hydrogen-bond donors (Lipinski definition) is 2. The van der Waals surface area contributed by atoms with Gasteiger partial charge in [-0.05, 0) is 36.4 Å². The summed E-state index contributed by atoms with van der Waals surface area (Å²) < 4.78 is 5.16. The number of halogens is 1. The van der Waals surface area contributed by atoms with Crippen molar-refractivity contribution in [3.05, 3.63) is 53.4 Å². The molecule has 4 nitrogen and oxygen atoms in total. The maximum Gasteiger partial charge on any atom is 0.319 e. The maximum atomic E-state index is 11.5. The molecule has 1 aromatic carbocycles. The summed E-state index contributed by atoms with van der Waals surface area (Å²) in [4.78, 5) is 11.5. The average molecular weight is 265 g/mol. The number of furan rings is 1. The van der Waals surface area contributed by atoms with Crippen LogP contribution in [0.3, 0.4) is 0 Å². The number of urea groups is 1. The largest absolute Gasteiger partial charge is 0.469 e. The van der Waals surface area contributed by atoms with E-state index in [1.54, 1.807) is 30.5 Å². The Morgan fingerprint density at radius 1 is 1.22 bits per heavy atom. The second kappa shape index (κ2) is 6.12. The highest BCUT2D eigenvalue weighted by molar-refractivity contribution is 6.30. The molecule has 1 aromatic heterocycles. The summed E-state index contributed by atoms with van der Waals surface area (Å²) in [5.74, 6) is 0.849. The lowest BCUT2D eigenvalue weighted by Gasteiger charge is -2.06. The fourth-order valence-electron chi connectivity index (χ4n) is 1.46. The van der Waals surface area contributed by atoms with Crippen molar-refractivity contribution in [2.75, 3.05) is 11.9 Å². The quantitative estimate of drug-likeness (QED) is 0.890. The molecule has 0 radical (unpaired) electrons. The average Bonchev–Trinajstić information content (AvgIpc) is 2.85. The number of nitrogens with one attached hydrogen (secondary N) is 2. The van der Waals surface area contributed by atoms with E-state index in [0.29, 0.717) is 23.7 Å². The molecule has 0 unspecified atom stereocenters. The van der Waals surface area contributed by atoms with Crippen molar-refractivity contribution >= 4 is 23.3 Å². The second-order valence-electron chi connectivity index (χ2n) is 3.72. The summed E-state index contributed by atoms with van der Waals surface area (Å²) in [6.07, 6.45) is 2.28. The first-order chi connectivity index (χ1) is 8.74. The molecule has 0 bridgehead atoms. The standard InChI is InChI=1S/C13H13ClN2O2/c14-10-3-5-11(6-4-10)16-13(17)15-8-7-12-2-1-9-18-12/h1-6,9H,7-8H2,(H2,15,16,17). The number of carbonyl (C=O) groups excluding carboxylic acids is 1. The van der Waals surface area contributed by atoms with Crippen molar-refractivity contribution in [3.8, 4) is 0 Å². The van der Waals surface area contributed by atoms with E-state index < -0.39 is 0 Å². The molecule has 5 heteroatoms. The number of hydrogen-bond acceptors (Lipinski definition) is 2. The summed E-state index contributed by atoms with van der Waals surface area (Å²) in [5.41, 5.74) is 0.704. The van der Waals surface area contributed by atoms with Crippen LogP contribution < -0.4 is 10.6 Å². The Hall–Kier alpha value is -1.94. The number of amides is 2. The molecule has 18 heavy (non-hydrogen) atoms. The monoisotopic (exact) mass is 264 g/mol. The molecule has 2 amide bonds. The van der Waals surface area contributed by atoms with E-state index in [1.165, 1.54) is 0 Å². The van der Waals surface area contributed by atoms with Crippen LogP contribution in [0.25, 0.3) is 0 Å². The third-order valence-electron chi connectivity index (χ3n) is 2.34. The fraction of sp³-hybridized carbons (Fsp3) is 0.154. The molecule has 94 valence electrons. The van der Waals surface area contributed by atoms with Gasteiger partial charge in [0.1, 0.15) is 5.76 Å². The van der Waals surface area contributed by atoms with Crippen LogP contribution in [0.5, 0.6) is 0 Å². The summed E-state index contributed by atoms with van der Waals surface area (Å²) in [6, 6.07) is 10.4. The zero-order valence-electron chi connectivity index (χ0n) is 9.65. The summed E-state index contributed by atoms with van der Waals surface area (Å²) >= 11 is 5.75. The highest BCUT2D eigenvalue weighted by Crippen LogP contribution is 2.12. The Bertz CT molecular complexity index is 494. The SMILES string of the molecule is O=C(NCCc1ccco1)Nc1ccc(Cl)cc1. The van der Waals surface area contributed by atoms with Crippen LogP contribution in [0.1, 0.15) is 5.76 Å². The van der Waals surface area contributed by atoms with Crippen LogP contribution in [-0.4, -0.2) is 12.6 Å². The highest BCUT2D eigenvalue weighted by atomic mass is 35.5. The molecule has 0 saturated carbocycles. The van der Waals surface area contributed by atoms with Gasteiger partial charge in [-0.1, -0.05) is 11.6 Å². The molecule has 1 heterocycles. The van der Waals surface area contributed by atoms with Gasteiger partial charge in [0, 0.05) is 23.7 Å². The van der Waals surface area contributed by atoms with Gasteiger partial charge in [0.15, 0.2) is 0 Å². The van der Waals surface area contributed by atoms with Crippen LogP contribution in [0.15, 0.2) is 47.1 Å². The van der Waals surface area contributed by atoms with Crippen LogP contribution in [0.4, 0.5) is 10.5 Å². The zero-order valence-corrected chi connectivity index (χ0v) is 10.4. The minimum absolute atomic E-state index is 0.246. The Morgan fingerprint density at radius 2 is 2.00 bits per heavy atom. The van der Waals surface area contributed by atoms with E-state index in [9.17, 15) is 4.79 Å². The third-order valence-corrected chi connectivity index (χ3v) is 2.59. The first-order valence-electron chi connectivity index (χ1n) is 5.57. The third kappa shape index (κ3) is 3.82.